The van der Waals surface area contributed by atoms with Crippen molar-refractivity contribution in [3.63, 3.8) is 0 Å². The Kier molecular flexibility index (Phi) is 11.3. The summed E-state index contributed by atoms with van der Waals surface area (Å²) in [6.45, 7) is 7.79. The molecular formula is C37H43NO3Si. The fraction of sp³-hybridized carbons (Fsp3) is 0.270. The van der Waals surface area contributed by atoms with Gasteiger partial charge in [0.05, 0.1) is 6.10 Å². The van der Waals surface area contributed by atoms with E-state index in [1.165, 1.54) is 10.4 Å². The Balaban J connectivity index is 1.44. The van der Waals surface area contributed by atoms with Crippen LogP contribution >= 0.6 is 0 Å². The second-order valence-electron chi connectivity index (χ2n) is 11.5. The maximum Gasteiger partial charge on any atom is 0.407 e. The van der Waals surface area contributed by atoms with Crippen LogP contribution in [0.1, 0.15) is 57.3 Å². The van der Waals surface area contributed by atoms with Gasteiger partial charge in [0.1, 0.15) is 6.61 Å². The van der Waals surface area contributed by atoms with E-state index in [0.717, 1.165) is 30.4 Å². The molecule has 42 heavy (non-hydrogen) atoms. The fourth-order valence-corrected chi connectivity index (χ4v) is 9.92. The number of ether oxygens (including phenoxy) is 1. The van der Waals surface area contributed by atoms with Crippen molar-refractivity contribution in [1.82, 2.24) is 5.32 Å². The molecule has 218 valence electrons. The quantitative estimate of drug-likeness (QED) is 0.0996. The van der Waals surface area contributed by atoms with Gasteiger partial charge >= 0.3 is 6.09 Å². The molecule has 0 unspecified atom stereocenters. The van der Waals surface area contributed by atoms with Crippen molar-refractivity contribution in [1.29, 1.82) is 0 Å². The molecule has 5 heteroatoms. The summed E-state index contributed by atoms with van der Waals surface area (Å²) in [4.78, 5) is 12.0. The van der Waals surface area contributed by atoms with E-state index < -0.39 is 8.32 Å². The molecule has 0 bridgehead atoms. The first-order valence-electron chi connectivity index (χ1n) is 14.9. The number of unbranched alkanes of at least 4 members (excludes halogenated alkanes) is 2. The molecule has 0 aromatic heterocycles. The maximum absolute atomic E-state index is 12.0. The van der Waals surface area contributed by atoms with Crippen LogP contribution in [0.3, 0.4) is 0 Å². The van der Waals surface area contributed by atoms with Crippen molar-refractivity contribution in [2.24, 2.45) is 0 Å². The normalized spacial score (nSPS) is 12.6. The number of amides is 1. The Morgan fingerprint density at radius 3 is 1.83 bits per heavy atom. The molecule has 0 radical (unpaired) electrons. The van der Waals surface area contributed by atoms with Crippen molar-refractivity contribution >= 4 is 24.8 Å². The number of allylic oxidation sites excluding steroid dienone is 1. The smallest absolute Gasteiger partial charge is 0.407 e. The van der Waals surface area contributed by atoms with Crippen LogP contribution in [0.4, 0.5) is 4.79 Å². The molecule has 0 aliphatic heterocycles. The SMILES string of the molecule is CC(C)(C)[Si](O[C@H](/C=C\CCCCNC(=O)OCc1ccccc1)c1ccccc1)(c1ccccc1)c1ccccc1. The number of carbonyl (C=O) groups is 1. The lowest BCUT2D eigenvalue weighted by Gasteiger charge is -2.45. The monoisotopic (exact) mass is 577 g/mol. The molecule has 1 N–H and O–H groups in total. The van der Waals surface area contributed by atoms with Gasteiger partial charge < -0.3 is 14.5 Å². The molecular weight excluding hydrogens is 534 g/mol. The van der Waals surface area contributed by atoms with Crippen LogP contribution in [-0.4, -0.2) is 21.0 Å². The number of carbonyl (C=O) groups excluding carboxylic acids is 1. The summed E-state index contributed by atoms with van der Waals surface area (Å²) in [5, 5.41) is 5.28. The molecule has 1 atom stereocenters. The van der Waals surface area contributed by atoms with E-state index in [1.807, 2.05) is 36.4 Å². The van der Waals surface area contributed by atoms with E-state index in [0.29, 0.717) is 6.54 Å². The van der Waals surface area contributed by atoms with E-state index in [9.17, 15) is 4.79 Å². The second kappa shape index (κ2) is 15.3. The second-order valence-corrected chi connectivity index (χ2v) is 15.8. The third-order valence-electron chi connectivity index (χ3n) is 7.44. The molecule has 4 nitrogen and oxygen atoms in total. The van der Waals surface area contributed by atoms with E-state index in [4.69, 9.17) is 9.16 Å². The summed E-state index contributed by atoms with van der Waals surface area (Å²) >= 11 is 0. The van der Waals surface area contributed by atoms with Gasteiger partial charge in [-0.05, 0) is 45.8 Å². The summed E-state index contributed by atoms with van der Waals surface area (Å²) in [6.07, 6.45) is 6.60. The molecule has 0 spiro atoms. The molecule has 0 fully saturated rings. The molecule has 0 heterocycles. The number of alkyl carbamates (subject to hydrolysis) is 1. The zero-order valence-corrected chi connectivity index (χ0v) is 26.0. The first-order valence-corrected chi connectivity index (χ1v) is 16.8. The lowest BCUT2D eigenvalue weighted by Crippen LogP contribution is -2.66. The first kappa shape index (κ1) is 31.0. The Morgan fingerprint density at radius 2 is 1.29 bits per heavy atom. The maximum atomic E-state index is 12.0. The fourth-order valence-electron chi connectivity index (χ4n) is 5.31. The van der Waals surface area contributed by atoms with Gasteiger partial charge in [-0.1, -0.05) is 154 Å². The van der Waals surface area contributed by atoms with Gasteiger partial charge in [-0.3, -0.25) is 0 Å². The van der Waals surface area contributed by atoms with Gasteiger partial charge in [0.15, 0.2) is 0 Å². The Hall–Kier alpha value is -3.93. The van der Waals surface area contributed by atoms with Crippen LogP contribution in [0.25, 0.3) is 0 Å². The third kappa shape index (κ3) is 8.31. The van der Waals surface area contributed by atoms with Crippen LogP contribution < -0.4 is 15.7 Å². The van der Waals surface area contributed by atoms with E-state index >= 15 is 0 Å². The predicted octanol–water partition coefficient (Wildman–Crippen LogP) is 7.96. The van der Waals surface area contributed by atoms with E-state index in [-0.39, 0.29) is 23.8 Å². The summed E-state index contributed by atoms with van der Waals surface area (Å²) in [5.74, 6) is 0. The lowest BCUT2D eigenvalue weighted by molar-refractivity contribution is 0.139. The summed E-state index contributed by atoms with van der Waals surface area (Å²) < 4.78 is 12.8. The topological polar surface area (TPSA) is 47.6 Å². The first-order chi connectivity index (χ1) is 20.4. The van der Waals surface area contributed by atoms with Crippen LogP contribution in [0, 0.1) is 0 Å². The third-order valence-corrected chi connectivity index (χ3v) is 12.5. The molecule has 1 amide bonds. The minimum atomic E-state index is -2.73. The average Bonchev–Trinajstić information content (AvgIpc) is 3.02. The molecule has 4 rings (SSSR count). The highest BCUT2D eigenvalue weighted by Crippen LogP contribution is 2.40. The summed E-state index contributed by atoms with van der Waals surface area (Å²) in [7, 11) is -2.73. The van der Waals surface area contributed by atoms with E-state index in [1.54, 1.807) is 0 Å². The van der Waals surface area contributed by atoms with Crippen molar-refractivity contribution in [2.45, 2.75) is 57.8 Å². The molecule has 0 saturated heterocycles. The zero-order chi connectivity index (χ0) is 29.7. The van der Waals surface area contributed by atoms with Crippen LogP contribution in [0.2, 0.25) is 5.04 Å². The highest BCUT2D eigenvalue weighted by atomic mass is 28.4. The van der Waals surface area contributed by atoms with Crippen molar-refractivity contribution in [3.8, 4) is 0 Å². The van der Waals surface area contributed by atoms with Crippen LogP contribution in [-0.2, 0) is 15.8 Å². The molecule has 4 aromatic carbocycles. The predicted molar refractivity (Wildman–Crippen MR) is 176 cm³/mol. The Morgan fingerprint density at radius 1 is 0.762 bits per heavy atom. The van der Waals surface area contributed by atoms with Gasteiger partial charge in [0, 0.05) is 6.54 Å². The number of rotatable bonds is 13. The number of hydrogen-bond acceptors (Lipinski definition) is 3. The Bertz CT molecular complexity index is 1330. The standard InChI is InChI=1S/C37H43NO3Si/c1-37(2,3)42(33-24-14-8-15-25-33,34-26-16-9-17-27-34)41-35(32-22-12-7-13-23-32)28-18-4-5-19-29-38-36(39)40-30-31-20-10-6-11-21-31/h6-18,20-28,35H,4-5,19,29-30H2,1-3H3,(H,38,39)/b28-18-/t35-/m1/s1. The van der Waals surface area contributed by atoms with Crippen molar-refractivity contribution in [3.05, 3.63) is 145 Å². The van der Waals surface area contributed by atoms with Crippen LogP contribution in [0.5, 0.6) is 0 Å². The molecule has 4 aromatic rings. The molecule has 0 saturated carbocycles. The summed E-state index contributed by atoms with van der Waals surface area (Å²) in [5.41, 5.74) is 2.12. The van der Waals surface area contributed by atoms with Crippen LogP contribution in [0.15, 0.2) is 133 Å². The highest BCUT2D eigenvalue weighted by molar-refractivity contribution is 6.99. The van der Waals surface area contributed by atoms with Gasteiger partial charge in [-0.15, -0.1) is 0 Å². The minimum Gasteiger partial charge on any atom is -0.445 e. The van der Waals surface area contributed by atoms with Crippen molar-refractivity contribution < 1.29 is 14.0 Å². The largest absolute Gasteiger partial charge is 0.445 e. The number of nitrogens with one attached hydrogen (secondary N) is 1. The number of benzene rings is 4. The lowest BCUT2D eigenvalue weighted by atomic mass is 10.1. The van der Waals surface area contributed by atoms with Crippen molar-refractivity contribution in [2.75, 3.05) is 6.54 Å². The molecule has 0 aliphatic rings. The van der Waals surface area contributed by atoms with Gasteiger partial charge in [0.25, 0.3) is 8.32 Å². The van der Waals surface area contributed by atoms with Gasteiger partial charge in [0.2, 0.25) is 0 Å². The molecule has 0 aliphatic carbocycles. The minimum absolute atomic E-state index is 0.114. The van der Waals surface area contributed by atoms with E-state index in [2.05, 4.69) is 123 Å². The average molecular weight is 578 g/mol. The number of hydrogen-bond donors (Lipinski definition) is 1. The van der Waals surface area contributed by atoms with Gasteiger partial charge in [-0.25, -0.2) is 4.79 Å². The highest BCUT2D eigenvalue weighted by Gasteiger charge is 2.51. The Labute approximate surface area is 252 Å². The van der Waals surface area contributed by atoms with Gasteiger partial charge in [-0.2, -0.15) is 0 Å². The summed E-state index contributed by atoms with van der Waals surface area (Å²) in [6, 6.07) is 41.8. The zero-order valence-electron chi connectivity index (χ0n) is 25.0.